The Morgan fingerprint density at radius 1 is 0.775 bits per heavy atom. The number of β-amino-alcohol motifs (C(OH)–C–C–N with tert-alkyl or cyclic N) is 1. The first-order valence-corrected chi connectivity index (χ1v) is 26.5. The Morgan fingerprint density at radius 2 is 1.38 bits per heavy atom. The van der Waals surface area contributed by atoms with Crippen molar-refractivity contribution in [1.29, 1.82) is 0 Å². The summed E-state index contributed by atoms with van der Waals surface area (Å²) in [6.45, 7) is 0.309. The number of phenols is 1. The first-order valence-electron chi connectivity index (χ1n) is 25.1. The topological polar surface area (TPSA) is 464 Å². The summed E-state index contributed by atoms with van der Waals surface area (Å²) >= 11 is 0. The van der Waals surface area contributed by atoms with Crippen LogP contribution in [0.15, 0.2) is 66.7 Å². The number of aliphatic hydroxyl groups excluding tert-OH is 7. The number of phenolic OH excluding ortho intramolecular Hbond substituents is 1. The first-order chi connectivity index (χ1) is 37.6. The van der Waals surface area contributed by atoms with E-state index in [0.29, 0.717) is 15.9 Å². The van der Waals surface area contributed by atoms with Crippen LogP contribution < -0.4 is 36.5 Å². The van der Waals surface area contributed by atoms with Gasteiger partial charge in [0.05, 0.1) is 36.9 Å². The van der Waals surface area contributed by atoms with E-state index in [0.717, 1.165) is 41.3 Å². The zero-order chi connectivity index (χ0) is 58.7. The third kappa shape index (κ3) is 13.5. The van der Waals surface area contributed by atoms with Gasteiger partial charge in [0, 0.05) is 44.3 Å². The smallest absolute Gasteiger partial charge is 0.446 e. The van der Waals surface area contributed by atoms with Crippen molar-refractivity contribution >= 4 is 57.8 Å². The van der Waals surface area contributed by atoms with E-state index in [1.807, 2.05) is 48.5 Å². The summed E-state index contributed by atoms with van der Waals surface area (Å²) in [6.07, 6.45) is -17.8. The zero-order valence-corrected chi connectivity index (χ0v) is 43.6. The van der Waals surface area contributed by atoms with Crippen molar-refractivity contribution in [2.24, 2.45) is 11.7 Å². The molecule has 1 aliphatic carbocycles. The molecule has 0 radical (unpaired) electrons. The second kappa shape index (κ2) is 24.9. The molecule has 3 aromatic rings. The number of nitrogens with one attached hydrogen (secondary N) is 5. The van der Waals surface area contributed by atoms with Crippen molar-refractivity contribution in [3.05, 3.63) is 83.4 Å². The summed E-state index contributed by atoms with van der Waals surface area (Å²) < 4.78 is 42.3. The summed E-state index contributed by atoms with van der Waals surface area (Å²) in [6, 6.07) is 4.49. The Balaban J connectivity index is 1.25. The predicted octanol–water partition coefficient (Wildman–Crippen LogP) is -5.00. The summed E-state index contributed by atoms with van der Waals surface area (Å²) in [5.74, 6) is -12.7. The average molecular weight is 1140 g/mol. The minimum Gasteiger partial charge on any atom is -0.504 e. The van der Waals surface area contributed by atoms with Crippen LogP contribution in [0.2, 0.25) is 0 Å². The highest BCUT2D eigenvalue weighted by atomic mass is 32.3. The highest BCUT2D eigenvalue weighted by molar-refractivity contribution is 7.81. The van der Waals surface area contributed by atoms with Gasteiger partial charge in [-0.2, -0.15) is 8.42 Å². The molecular formula is C50H62N8O21S. The molecule has 434 valence electrons. The van der Waals surface area contributed by atoms with E-state index in [9.17, 15) is 92.2 Å². The molecule has 5 unspecified atom stereocenters. The minimum atomic E-state index is -5.33. The van der Waals surface area contributed by atoms with Crippen LogP contribution >= 0.6 is 0 Å². The van der Waals surface area contributed by atoms with Crippen molar-refractivity contribution in [2.75, 3.05) is 26.2 Å². The van der Waals surface area contributed by atoms with Gasteiger partial charge in [0.1, 0.15) is 55.1 Å². The third-order valence-corrected chi connectivity index (χ3v) is 14.7. The number of hydrogen-bond donors (Lipinski definition) is 15. The van der Waals surface area contributed by atoms with Gasteiger partial charge in [-0.1, -0.05) is 61.5 Å². The number of hydrogen-bond acceptors (Lipinski definition) is 20. The maximum absolute atomic E-state index is 14.6. The SMILES string of the molecule is C[C@H](O)C1NC(=O)[C@@H](NC(=O)OCC2c3ccccc3-c3ccccc32)C[C@H](O)CNC(=O)C2[C@@H](O)[C@@H](C)CN2C(=O)C([C@H](O)CC(N)=O)NC(=O)C([C@H](O)[C@@H](O)c2ccc(O)c(OS(=O)(=O)O)c2)NC(=O)C2C[C@@H](O)CN2C1=O. The molecule has 0 aromatic heterocycles. The fourth-order valence-corrected chi connectivity index (χ4v) is 10.6. The number of ether oxygens (including phenoxy) is 1. The van der Waals surface area contributed by atoms with Gasteiger partial charge in [0.15, 0.2) is 11.5 Å². The van der Waals surface area contributed by atoms with Gasteiger partial charge in [0.2, 0.25) is 41.4 Å². The molecule has 3 aromatic carbocycles. The van der Waals surface area contributed by atoms with Crippen molar-refractivity contribution in [3.63, 3.8) is 0 Å². The number of nitrogens with two attached hydrogens (primary N) is 1. The van der Waals surface area contributed by atoms with E-state index in [-0.39, 0.29) is 6.61 Å². The van der Waals surface area contributed by atoms with Crippen LogP contribution in [0.5, 0.6) is 11.5 Å². The van der Waals surface area contributed by atoms with E-state index in [1.165, 1.54) is 6.92 Å². The molecule has 3 fully saturated rings. The molecule has 16 N–H and O–H groups in total. The van der Waals surface area contributed by atoms with Gasteiger partial charge in [-0.15, -0.1) is 0 Å². The molecule has 80 heavy (non-hydrogen) atoms. The molecule has 7 rings (SSSR count). The fourth-order valence-electron chi connectivity index (χ4n) is 10.3. The molecule has 4 aliphatic rings. The average Bonchev–Trinajstić information content (AvgIpc) is 4.05. The lowest BCUT2D eigenvalue weighted by Crippen LogP contribution is -2.64. The summed E-state index contributed by atoms with van der Waals surface area (Å²) in [4.78, 5) is 114. The van der Waals surface area contributed by atoms with Gasteiger partial charge >= 0.3 is 16.5 Å². The zero-order valence-electron chi connectivity index (χ0n) is 42.8. The molecule has 0 bridgehead atoms. The number of nitrogens with zero attached hydrogens (tertiary/aromatic N) is 2. The van der Waals surface area contributed by atoms with Gasteiger partial charge < -0.3 is 91.9 Å². The van der Waals surface area contributed by atoms with Crippen molar-refractivity contribution in [3.8, 4) is 22.6 Å². The van der Waals surface area contributed by atoms with Crippen LogP contribution in [0.25, 0.3) is 11.1 Å². The van der Waals surface area contributed by atoms with E-state index < -0.39 is 205 Å². The normalized spacial score (nSPS) is 27.8. The van der Waals surface area contributed by atoms with Crippen molar-refractivity contribution in [1.82, 2.24) is 36.4 Å². The first kappa shape index (κ1) is 60.1. The number of rotatable bonds is 12. The van der Waals surface area contributed by atoms with E-state index in [2.05, 4.69) is 30.8 Å². The number of primary amides is 1. The number of alkyl carbamates (subject to hydrolysis) is 1. The van der Waals surface area contributed by atoms with Crippen LogP contribution in [-0.2, 0) is 48.7 Å². The molecule has 3 aliphatic heterocycles. The van der Waals surface area contributed by atoms with Crippen molar-refractivity contribution < 1.29 is 101 Å². The van der Waals surface area contributed by atoms with Crippen LogP contribution in [0.3, 0.4) is 0 Å². The molecule has 3 heterocycles. The fraction of sp³-hybridized carbons (Fsp3) is 0.480. The second-order valence-electron chi connectivity index (χ2n) is 20.1. The Morgan fingerprint density at radius 3 is 1.99 bits per heavy atom. The van der Waals surface area contributed by atoms with E-state index >= 15 is 0 Å². The van der Waals surface area contributed by atoms with E-state index in [4.69, 9.17) is 10.5 Å². The number of aromatic hydroxyl groups is 1. The summed E-state index contributed by atoms with van der Waals surface area (Å²) in [5, 5.41) is 101. The van der Waals surface area contributed by atoms with Gasteiger partial charge in [-0.25, -0.2) is 4.79 Å². The number of benzene rings is 3. The molecule has 0 saturated carbocycles. The minimum absolute atomic E-state index is 0.248. The monoisotopic (exact) mass is 1140 g/mol. The molecule has 14 atom stereocenters. The van der Waals surface area contributed by atoms with Gasteiger partial charge in [0.25, 0.3) is 0 Å². The lowest BCUT2D eigenvalue weighted by Gasteiger charge is -2.34. The predicted molar refractivity (Wildman–Crippen MR) is 271 cm³/mol. The molecule has 8 amide bonds. The number of carbonyl (C=O) groups is 8. The Labute approximate surface area is 456 Å². The molecule has 29 nitrogen and oxygen atoms in total. The lowest BCUT2D eigenvalue weighted by atomic mass is 9.96. The van der Waals surface area contributed by atoms with Gasteiger partial charge in [-0.3, -0.25) is 38.1 Å². The molecule has 3 saturated heterocycles. The number of amides is 8. The summed E-state index contributed by atoms with van der Waals surface area (Å²) in [7, 11) is -5.33. The largest absolute Gasteiger partial charge is 0.504 e. The Hall–Kier alpha value is -7.55. The van der Waals surface area contributed by atoms with Crippen LogP contribution in [0.4, 0.5) is 4.79 Å². The lowest BCUT2D eigenvalue weighted by molar-refractivity contribution is -0.148. The maximum atomic E-state index is 14.6. The number of carbonyl (C=O) groups excluding carboxylic acids is 8. The number of aliphatic hydroxyl groups is 7. The molecular weight excluding hydrogens is 1080 g/mol. The van der Waals surface area contributed by atoms with Crippen molar-refractivity contribution in [2.45, 2.75) is 118 Å². The van der Waals surface area contributed by atoms with Crippen LogP contribution in [-0.4, -0.2) is 210 Å². The quantitative estimate of drug-likeness (QED) is 0.0755. The Kier molecular flexibility index (Phi) is 18.7. The Bertz CT molecular complexity index is 2940. The van der Waals surface area contributed by atoms with Crippen LogP contribution in [0.1, 0.15) is 61.8 Å². The van der Waals surface area contributed by atoms with Crippen LogP contribution in [0, 0.1) is 5.92 Å². The summed E-state index contributed by atoms with van der Waals surface area (Å²) in [5.41, 5.74) is 8.25. The molecule has 0 spiro atoms. The van der Waals surface area contributed by atoms with E-state index in [1.54, 1.807) is 0 Å². The van der Waals surface area contributed by atoms with Gasteiger partial charge in [-0.05, 0) is 46.9 Å². The highest BCUT2D eigenvalue weighted by Gasteiger charge is 2.50. The highest BCUT2D eigenvalue weighted by Crippen LogP contribution is 2.44. The third-order valence-electron chi connectivity index (χ3n) is 14.3. The standard InChI is InChI=1S/C50H62N8O21S/c1-21-18-58-40(41(21)65)47(71)52-17-24(60)14-31(53-50(74)78-20-30-28-9-5-3-7-26(28)27-8-4-6-10-29(27)30)44(68)54-37(22(2)59)48(72)57-19-25(61)15-32(57)45(69)56-39(46(70)55-38(49(58)73)34(63)16-36(51)64)43(67)42(66)23-11-12-33(62)35(13-23)79-80(75,76)77/h3-13,21-22,24-25,30-32,34,37-43,59-63,65-67H,14-20H2,1-2H3,(H2,51,64)(H,52,71)(H,53,74)(H,54,68)(H,55,70)(H,56,69)(H,75,76,77)/t21-,22-,24-,25+,31-,32?,34+,37?,38?,39?,40?,41-,42-,43-/m0/s1. The second-order valence-corrected chi connectivity index (χ2v) is 21.1. The maximum Gasteiger partial charge on any atom is 0.446 e. The number of fused-ring (bicyclic) bond motifs is 5. The molecule has 30 heteroatoms.